The third-order valence-corrected chi connectivity index (χ3v) is 6.46. The van der Waals surface area contributed by atoms with E-state index in [0.717, 1.165) is 19.2 Å². The van der Waals surface area contributed by atoms with Crippen LogP contribution in [0.2, 0.25) is 0 Å². The van der Waals surface area contributed by atoms with Gasteiger partial charge in [0.15, 0.2) is 23.1 Å². The lowest BCUT2D eigenvalue weighted by atomic mass is 9.95. The molecule has 10 heteroatoms. The number of phenolic OH excluding ortho intramolecular Hbond substituents is 1. The molecule has 0 spiro atoms. The van der Waals surface area contributed by atoms with Crippen molar-refractivity contribution in [3.8, 4) is 17.2 Å². The van der Waals surface area contributed by atoms with Gasteiger partial charge in [-0.2, -0.15) is 0 Å². The number of ether oxygens (including phenoxy) is 3. The van der Waals surface area contributed by atoms with Gasteiger partial charge in [0, 0.05) is 31.7 Å². The fourth-order valence-electron chi connectivity index (χ4n) is 4.58. The molecule has 2 aliphatic heterocycles. The minimum Gasteiger partial charge on any atom is -0.507 e. The van der Waals surface area contributed by atoms with Crippen LogP contribution < -0.4 is 9.47 Å². The van der Waals surface area contributed by atoms with Crippen molar-refractivity contribution < 1.29 is 38.4 Å². The van der Waals surface area contributed by atoms with Crippen LogP contribution in [0.1, 0.15) is 23.6 Å². The van der Waals surface area contributed by atoms with Crippen LogP contribution >= 0.6 is 0 Å². The highest BCUT2D eigenvalue weighted by molar-refractivity contribution is 6.46. The van der Waals surface area contributed by atoms with Gasteiger partial charge < -0.3 is 29.3 Å². The number of benzene rings is 2. The Labute approximate surface area is 208 Å². The van der Waals surface area contributed by atoms with Crippen molar-refractivity contribution in [1.29, 1.82) is 0 Å². The van der Waals surface area contributed by atoms with E-state index in [1.54, 1.807) is 6.07 Å². The van der Waals surface area contributed by atoms with E-state index in [9.17, 15) is 24.2 Å². The molecule has 0 aromatic heterocycles. The second-order valence-electron chi connectivity index (χ2n) is 8.58. The Morgan fingerprint density at radius 1 is 1.06 bits per heavy atom. The summed E-state index contributed by atoms with van der Waals surface area (Å²) in [5.74, 6) is -2.82. The Balaban J connectivity index is 1.73. The van der Waals surface area contributed by atoms with Crippen molar-refractivity contribution >= 4 is 17.4 Å². The van der Waals surface area contributed by atoms with Gasteiger partial charge in [0.1, 0.15) is 5.76 Å². The molecule has 9 nitrogen and oxygen atoms in total. The number of hydrogen-bond donors (Lipinski definition) is 2. The van der Waals surface area contributed by atoms with Gasteiger partial charge in [-0.25, -0.2) is 4.39 Å². The topological polar surface area (TPSA) is 109 Å². The summed E-state index contributed by atoms with van der Waals surface area (Å²) in [7, 11) is 2.71. The summed E-state index contributed by atoms with van der Waals surface area (Å²) in [4.78, 5) is 29.9. The molecule has 0 aliphatic carbocycles. The van der Waals surface area contributed by atoms with Crippen molar-refractivity contribution in [3.63, 3.8) is 0 Å². The molecule has 0 radical (unpaired) electrons. The molecule has 2 aromatic rings. The van der Waals surface area contributed by atoms with Crippen LogP contribution in [-0.2, 0) is 14.3 Å². The number of aliphatic hydroxyl groups excluding tert-OH is 1. The molecule has 2 heterocycles. The average molecular weight is 501 g/mol. The first-order valence-electron chi connectivity index (χ1n) is 11.6. The number of nitrogens with zero attached hydrogens (tertiary/aromatic N) is 2. The number of aliphatic hydroxyl groups is 1. The number of likely N-dealkylation sites (tertiary alicyclic amines) is 1. The Morgan fingerprint density at radius 3 is 2.44 bits per heavy atom. The van der Waals surface area contributed by atoms with Gasteiger partial charge in [-0.05, 0) is 42.3 Å². The number of ketones is 1. The summed E-state index contributed by atoms with van der Waals surface area (Å²) in [5.41, 5.74) is 0.338. The zero-order valence-corrected chi connectivity index (χ0v) is 20.2. The molecule has 2 fully saturated rings. The minimum atomic E-state index is -0.950. The molecule has 1 atom stereocenters. The number of halogens is 1. The maximum atomic E-state index is 14.4. The Morgan fingerprint density at radius 2 is 1.78 bits per heavy atom. The highest BCUT2D eigenvalue weighted by Gasteiger charge is 2.46. The summed E-state index contributed by atoms with van der Waals surface area (Å²) in [6, 6.07) is 7.32. The number of hydrogen-bond acceptors (Lipinski definition) is 8. The molecule has 1 unspecified atom stereocenters. The molecule has 4 rings (SSSR count). The van der Waals surface area contributed by atoms with Crippen LogP contribution in [0.15, 0.2) is 42.0 Å². The molecule has 2 saturated heterocycles. The lowest BCUT2D eigenvalue weighted by Crippen LogP contribution is -2.38. The first-order chi connectivity index (χ1) is 17.3. The Bertz CT molecular complexity index is 1180. The number of carbonyl (C=O) groups excluding carboxylic acids is 2. The Hall–Kier alpha value is -3.63. The van der Waals surface area contributed by atoms with E-state index >= 15 is 0 Å². The smallest absolute Gasteiger partial charge is 0.295 e. The lowest BCUT2D eigenvalue weighted by Gasteiger charge is -2.29. The second-order valence-corrected chi connectivity index (χ2v) is 8.58. The number of rotatable bonds is 8. The van der Waals surface area contributed by atoms with Crippen molar-refractivity contribution in [2.45, 2.75) is 12.5 Å². The van der Waals surface area contributed by atoms with Crippen LogP contribution in [0, 0.1) is 5.82 Å². The third-order valence-electron chi connectivity index (χ3n) is 6.46. The number of morpholine rings is 1. The molecule has 192 valence electrons. The highest BCUT2D eigenvalue weighted by Crippen LogP contribution is 2.42. The summed E-state index contributed by atoms with van der Waals surface area (Å²) in [6.45, 7) is 3.85. The second kappa shape index (κ2) is 11.0. The molecule has 1 amide bonds. The van der Waals surface area contributed by atoms with Crippen molar-refractivity contribution in [1.82, 2.24) is 9.80 Å². The van der Waals surface area contributed by atoms with Crippen LogP contribution in [0.25, 0.3) is 5.76 Å². The quantitative estimate of drug-likeness (QED) is 0.324. The number of phenols is 1. The number of aromatic hydroxyl groups is 1. The third kappa shape index (κ3) is 5.00. The monoisotopic (exact) mass is 500 g/mol. The maximum absolute atomic E-state index is 14.4. The SMILES string of the molecule is COc1cc(C2/C(=C(\O)c3ccc(OC)c(F)c3)C(=O)C(=O)N2CCCN2CCOCC2)ccc1O. The predicted octanol–water partition coefficient (Wildman–Crippen LogP) is 2.69. The normalized spacial score (nSPS) is 20.1. The fraction of sp³-hybridized carbons (Fsp3) is 0.385. The molecule has 36 heavy (non-hydrogen) atoms. The summed E-state index contributed by atoms with van der Waals surface area (Å²) in [6.07, 6.45) is 0.593. The number of methoxy groups -OCH3 is 2. The number of carbonyl (C=O) groups is 2. The Kier molecular flexibility index (Phi) is 7.76. The van der Waals surface area contributed by atoms with Crippen LogP contribution in [0.5, 0.6) is 17.2 Å². The molecule has 2 N–H and O–H groups in total. The maximum Gasteiger partial charge on any atom is 0.295 e. The van der Waals surface area contributed by atoms with Crippen molar-refractivity contribution in [2.75, 3.05) is 53.6 Å². The molecule has 2 aliphatic rings. The number of Topliss-reactive ketones (excluding diaryl/α,β-unsaturated/α-hetero) is 1. The van der Waals surface area contributed by atoms with Gasteiger partial charge in [-0.3, -0.25) is 14.5 Å². The predicted molar refractivity (Wildman–Crippen MR) is 128 cm³/mol. The zero-order valence-electron chi connectivity index (χ0n) is 20.2. The van der Waals surface area contributed by atoms with E-state index < -0.39 is 29.3 Å². The average Bonchev–Trinajstić information content (AvgIpc) is 3.14. The van der Waals surface area contributed by atoms with Crippen molar-refractivity contribution in [2.24, 2.45) is 0 Å². The van der Waals surface area contributed by atoms with E-state index in [0.29, 0.717) is 31.7 Å². The first-order valence-corrected chi connectivity index (χ1v) is 11.6. The largest absolute Gasteiger partial charge is 0.507 e. The summed E-state index contributed by atoms with van der Waals surface area (Å²) in [5, 5.41) is 21.2. The summed E-state index contributed by atoms with van der Waals surface area (Å²) < 4.78 is 29.9. The lowest BCUT2D eigenvalue weighted by molar-refractivity contribution is -0.140. The van der Waals surface area contributed by atoms with Gasteiger partial charge in [-0.1, -0.05) is 6.07 Å². The molecule has 0 bridgehead atoms. The van der Waals surface area contributed by atoms with E-state index in [1.165, 1.54) is 43.4 Å². The number of amides is 1. The standard InChI is InChI=1S/C26H29FN2O7/c1-34-20-7-5-17(14-18(20)27)24(31)22-23(16-4-6-19(30)21(15-16)35-2)29(26(33)25(22)32)9-3-8-28-10-12-36-13-11-28/h4-7,14-15,23,30-31H,3,8-13H2,1-2H3/b24-22+. The summed E-state index contributed by atoms with van der Waals surface area (Å²) >= 11 is 0. The van der Waals surface area contributed by atoms with Crippen LogP contribution in [-0.4, -0.2) is 85.3 Å². The first kappa shape index (κ1) is 25.5. The minimum absolute atomic E-state index is 0.0186. The van der Waals surface area contributed by atoms with Gasteiger partial charge >= 0.3 is 0 Å². The van der Waals surface area contributed by atoms with Crippen LogP contribution in [0.4, 0.5) is 4.39 Å². The van der Waals surface area contributed by atoms with Gasteiger partial charge in [0.2, 0.25) is 0 Å². The zero-order chi connectivity index (χ0) is 25.8. The van der Waals surface area contributed by atoms with Crippen molar-refractivity contribution in [3.05, 3.63) is 58.9 Å². The van der Waals surface area contributed by atoms with Crippen LogP contribution in [0.3, 0.4) is 0 Å². The highest BCUT2D eigenvalue weighted by atomic mass is 19.1. The van der Waals surface area contributed by atoms with E-state index in [4.69, 9.17) is 14.2 Å². The fourth-order valence-corrected chi connectivity index (χ4v) is 4.58. The van der Waals surface area contributed by atoms with Gasteiger partial charge in [0.05, 0.1) is 39.0 Å². The molecule has 2 aromatic carbocycles. The van der Waals surface area contributed by atoms with E-state index in [1.807, 2.05) is 0 Å². The van der Waals surface area contributed by atoms with E-state index in [2.05, 4.69) is 4.90 Å². The van der Waals surface area contributed by atoms with Gasteiger partial charge in [-0.15, -0.1) is 0 Å². The van der Waals surface area contributed by atoms with Gasteiger partial charge in [0.25, 0.3) is 11.7 Å². The van der Waals surface area contributed by atoms with E-state index in [-0.39, 0.29) is 34.9 Å². The molecule has 0 saturated carbocycles. The molecular weight excluding hydrogens is 471 g/mol. The molecular formula is C26H29FN2O7.